The summed E-state index contributed by atoms with van der Waals surface area (Å²) in [5, 5.41) is 11.9. The van der Waals surface area contributed by atoms with E-state index in [1.165, 1.54) is 12.1 Å². The second-order valence-corrected chi connectivity index (χ2v) is 4.04. The van der Waals surface area contributed by atoms with Gasteiger partial charge in [0.25, 0.3) is 0 Å². The molecular weight excluding hydrogens is 287 g/mol. The zero-order valence-electron chi connectivity index (χ0n) is 9.14. The summed E-state index contributed by atoms with van der Waals surface area (Å²) in [6, 6.07) is 6.27. The smallest absolute Gasteiger partial charge is 0.178 e. The van der Waals surface area contributed by atoms with Gasteiger partial charge < -0.3 is 0 Å². The van der Waals surface area contributed by atoms with Crippen LogP contribution in [0.5, 0.6) is 0 Å². The van der Waals surface area contributed by atoms with E-state index >= 15 is 0 Å². The minimum atomic E-state index is -0.247. The van der Waals surface area contributed by atoms with E-state index in [1.54, 1.807) is 23.9 Å². The van der Waals surface area contributed by atoms with Crippen molar-refractivity contribution in [2.75, 3.05) is 5.33 Å². The third-order valence-corrected chi connectivity index (χ3v) is 2.87. The molecule has 0 spiro atoms. The van der Waals surface area contributed by atoms with Crippen molar-refractivity contribution in [3.63, 3.8) is 0 Å². The fourth-order valence-electron chi connectivity index (χ4n) is 1.42. The van der Waals surface area contributed by atoms with Crippen molar-refractivity contribution in [2.45, 2.75) is 0 Å². The number of hydrogen-bond donors (Lipinski definition) is 0. The Balaban J connectivity index is 2.36. The first-order valence-electron chi connectivity index (χ1n) is 4.95. The van der Waals surface area contributed by atoms with Crippen LogP contribution in [0.15, 0.2) is 24.3 Å². The summed E-state index contributed by atoms with van der Waals surface area (Å²) in [6.07, 6.45) is 1.92. The van der Waals surface area contributed by atoms with Crippen LogP contribution in [0.4, 0.5) is 4.39 Å². The maximum absolute atomic E-state index is 12.8. The fourth-order valence-corrected chi connectivity index (χ4v) is 1.84. The molecule has 88 valence electrons. The Morgan fingerprint density at radius 3 is 2.65 bits per heavy atom. The summed E-state index contributed by atoms with van der Waals surface area (Å²) in [7, 11) is 1.77. The topological polar surface area (TPSA) is 43.6 Å². The third-order valence-electron chi connectivity index (χ3n) is 2.26. The lowest BCUT2D eigenvalue weighted by molar-refractivity contribution is 0.628. The summed E-state index contributed by atoms with van der Waals surface area (Å²) in [4.78, 5) is 0. The van der Waals surface area contributed by atoms with E-state index in [4.69, 9.17) is 0 Å². The van der Waals surface area contributed by atoms with Crippen molar-refractivity contribution in [3.8, 4) is 0 Å². The van der Waals surface area contributed by atoms with Crippen LogP contribution in [0.2, 0.25) is 0 Å². The third kappa shape index (κ3) is 2.76. The van der Waals surface area contributed by atoms with Gasteiger partial charge in [-0.05, 0) is 34.2 Å². The molecule has 2 rings (SSSR count). The van der Waals surface area contributed by atoms with Gasteiger partial charge in [-0.25, -0.2) is 9.07 Å². The predicted molar refractivity (Wildman–Crippen MR) is 66.9 cm³/mol. The molecule has 1 aromatic heterocycles. The lowest BCUT2D eigenvalue weighted by Crippen LogP contribution is -1.99. The average Bonchev–Trinajstić information content (AvgIpc) is 2.75. The predicted octanol–water partition coefficient (Wildman–Crippen LogP) is 2.28. The summed E-state index contributed by atoms with van der Waals surface area (Å²) >= 11 is 3.39. The van der Waals surface area contributed by atoms with Gasteiger partial charge in [0, 0.05) is 18.0 Å². The highest BCUT2D eigenvalue weighted by molar-refractivity contribution is 9.09. The lowest BCUT2D eigenvalue weighted by Gasteiger charge is -2.02. The monoisotopic (exact) mass is 296 g/mol. The molecule has 0 aliphatic heterocycles. The molecule has 17 heavy (non-hydrogen) atoms. The first-order chi connectivity index (χ1) is 8.20. The first kappa shape index (κ1) is 11.9. The first-order valence-corrected chi connectivity index (χ1v) is 6.07. The van der Waals surface area contributed by atoms with Crippen molar-refractivity contribution in [1.82, 2.24) is 20.2 Å². The minimum Gasteiger partial charge on any atom is -0.229 e. The molecule has 2 aromatic rings. The van der Waals surface area contributed by atoms with Crippen molar-refractivity contribution in [1.29, 1.82) is 0 Å². The van der Waals surface area contributed by atoms with Crippen LogP contribution in [-0.4, -0.2) is 25.5 Å². The number of halogens is 2. The van der Waals surface area contributed by atoms with Crippen LogP contribution in [0.3, 0.4) is 0 Å². The highest BCUT2D eigenvalue weighted by Crippen LogP contribution is 2.17. The lowest BCUT2D eigenvalue weighted by atomic mass is 10.1. The Morgan fingerprint density at radius 2 is 2.12 bits per heavy atom. The number of alkyl halides is 1. The Kier molecular flexibility index (Phi) is 3.63. The Hall–Kier alpha value is -1.56. The molecular formula is C11H10BrFN4. The van der Waals surface area contributed by atoms with Crippen LogP contribution < -0.4 is 0 Å². The molecule has 0 atom stereocenters. The number of tetrazole rings is 1. The number of allylic oxidation sites excluding steroid dienone is 1. The van der Waals surface area contributed by atoms with Crippen LogP contribution in [0, 0.1) is 5.82 Å². The van der Waals surface area contributed by atoms with Crippen LogP contribution >= 0.6 is 15.9 Å². The fraction of sp³-hybridized carbons (Fsp3) is 0.182. The van der Waals surface area contributed by atoms with Gasteiger partial charge in [0.2, 0.25) is 0 Å². The van der Waals surface area contributed by atoms with Crippen molar-refractivity contribution in [3.05, 3.63) is 41.5 Å². The normalized spacial score (nSPS) is 11.8. The molecule has 1 aromatic carbocycles. The molecule has 0 aliphatic carbocycles. The molecule has 1 heterocycles. The molecule has 0 amide bonds. The van der Waals surface area contributed by atoms with Crippen molar-refractivity contribution < 1.29 is 4.39 Å². The zero-order valence-corrected chi connectivity index (χ0v) is 10.7. The second-order valence-electron chi connectivity index (χ2n) is 3.48. The Bertz CT molecular complexity index is 533. The second kappa shape index (κ2) is 5.18. The molecule has 0 fully saturated rings. The molecule has 0 saturated heterocycles. The van der Waals surface area contributed by atoms with Gasteiger partial charge in [0.05, 0.1) is 0 Å². The van der Waals surface area contributed by atoms with Gasteiger partial charge in [-0.1, -0.05) is 28.1 Å². The van der Waals surface area contributed by atoms with E-state index in [0.29, 0.717) is 11.2 Å². The number of aryl methyl sites for hydroxylation is 1. The van der Waals surface area contributed by atoms with Crippen LogP contribution in [0.25, 0.3) is 11.6 Å². The molecule has 0 N–H and O–H groups in total. The van der Waals surface area contributed by atoms with E-state index in [0.717, 1.165) is 11.1 Å². The molecule has 4 nitrogen and oxygen atoms in total. The van der Waals surface area contributed by atoms with Gasteiger partial charge in [0.1, 0.15) is 5.82 Å². The zero-order chi connectivity index (χ0) is 12.3. The molecule has 0 radical (unpaired) electrons. The molecule has 6 heteroatoms. The van der Waals surface area contributed by atoms with Crippen LogP contribution in [0.1, 0.15) is 11.4 Å². The summed E-state index contributed by atoms with van der Waals surface area (Å²) < 4.78 is 14.4. The maximum atomic E-state index is 12.8. The van der Waals surface area contributed by atoms with E-state index < -0.39 is 0 Å². The summed E-state index contributed by atoms with van der Waals surface area (Å²) in [6.45, 7) is 0. The Morgan fingerprint density at radius 1 is 1.41 bits per heavy atom. The quantitative estimate of drug-likeness (QED) is 0.816. The number of benzene rings is 1. The Labute approximate surface area is 106 Å². The number of nitrogens with zero attached hydrogens (tertiary/aromatic N) is 4. The number of hydrogen-bond acceptors (Lipinski definition) is 3. The van der Waals surface area contributed by atoms with Gasteiger partial charge in [0.15, 0.2) is 5.82 Å². The average molecular weight is 297 g/mol. The van der Waals surface area contributed by atoms with E-state index in [2.05, 4.69) is 31.5 Å². The highest BCUT2D eigenvalue weighted by atomic mass is 79.9. The van der Waals surface area contributed by atoms with Gasteiger partial charge in [-0.2, -0.15) is 0 Å². The van der Waals surface area contributed by atoms with E-state index in [-0.39, 0.29) is 5.82 Å². The van der Waals surface area contributed by atoms with Crippen molar-refractivity contribution >= 4 is 27.6 Å². The molecule has 0 unspecified atom stereocenters. The highest BCUT2D eigenvalue weighted by Gasteiger charge is 2.07. The van der Waals surface area contributed by atoms with Crippen LogP contribution in [-0.2, 0) is 7.05 Å². The SMILES string of the molecule is Cn1nnnc1C(=Cc1ccc(F)cc1)CBr. The largest absolute Gasteiger partial charge is 0.229 e. The van der Waals surface area contributed by atoms with Crippen molar-refractivity contribution in [2.24, 2.45) is 7.05 Å². The standard InChI is InChI=1S/C11H10BrFN4/c1-17-11(14-15-16-17)9(7-12)6-8-2-4-10(13)5-3-8/h2-6H,7H2,1H3. The van der Waals surface area contributed by atoms with Gasteiger partial charge in [-0.15, -0.1) is 5.10 Å². The number of rotatable bonds is 3. The molecule has 0 bridgehead atoms. The molecule has 0 aliphatic rings. The maximum Gasteiger partial charge on any atom is 0.178 e. The van der Waals surface area contributed by atoms with E-state index in [9.17, 15) is 4.39 Å². The molecule has 0 saturated carbocycles. The van der Waals surface area contributed by atoms with Gasteiger partial charge in [-0.3, -0.25) is 0 Å². The van der Waals surface area contributed by atoms with E-state index in [1.807, 2.05) is 6.08 Å². The summed E-state index contributed by atoms with van der Waals surface area (Å²) in [5.74, 6) is 0.439. The van der Waals surface area contributed by atoms with Gasteiger partial charge >= 0.3 is 0 Å². The minimum absolute atomic E-state index is 0.247. The summed E-state index contributed by atoms with van der Waals surface area (Å²) in [5.41, 5.74) is 1.84. The number of aromatic nitrogens is 4.